The summed E-state index contributed by atoms with van der Waals surface area (Å²) < 4.78 is 2.93. The molecule has 0 aliphatic heterocycles. The molecule has 0 spiro atoms. The van der Waals surface area contributed by atoms with Crippen molar-refractivity contribution < 1.29 is 0 Å². The molecule has 0 radical (unpaired) electrons. The van der Waals surface area contributed by atoms with Gasteiger partial charge in [-0.1, -0.05) is 15.9 Å². The van der Waals surface area contributed by atoms with Crippen LogP contribution in [0, 0.1) is 13.8 Å². The summed E-state index contributed by atoms with van der Waals surface area (Å²) in [7, 11) is 0. The van der Waals surface area contributed by atoms with E-state index < -0.39 is 0 Å². The molecule has 1 aromatic carbocycles. The Hall–Kier alpha value is -1.29. The van der Waals surface area contributed by atoms with Gasteiger partial charge in [-0.15, -0.1) is 0 Å². The molecule has 0 unspecified atom stereocenters. The second kappa shape index (κ2) is 3.70. The Morgan fingerprint density at radius 1 is 1.33 bits per heavy atom. The van der Waals surface area contributed by atoms with Crippen LogP contribution in [0.2, 0.25) is 0 Å². The van der Waals surface area contributed by atoms with Gasteiger partial charge in [-0.3, -0.25) is 0 Å². The quantitative estimate of drug-likeness (QED) is 0.862. The summed E-state index contributed by atoms with van der Waals surface area (Å²) in [5.74, 6) is 0. The second-order valence-corrected chi connectivity index (χ2v) is 4.44. The third kappa shape index (κ3) is 1.77. The Morgan fingerprint density at radius 3 is 2.60 bits per heavy atom. The van der Waals surface area contributed by atoms with Crippen molar-refractivity contribution in [3.05, 3.63) is 40.1 Å². The zero-order valence-electron chi connectivity index (χ0n) is 8.66. The first kappa shape index (κ1) is 10.2. The van der Waals surface area contributed by atoms with E-state index in [1.165, 1.54) is 0 Å². The topological polar surface area (TPSA) is 43.8 Å². The summed E-state index contributed by atoms with van der Waals surface area (Å²) in [6, 6.07) is 6.09. The highest BCUT2D eigenvalue weighted by molar-refractivity contribution is 9.10. The lowest BCUT2D eigenvalue weighted by Crippen LogP contribution is -2.01. The molecule has 15 heavy (non-hydrogen) atoms. The van der Waals surface area contributed by atoms with Gasteiger partial charge in [0, 0.05) is 4.47 Å². The van der Waals surface area contributed by atoms with Gasteiger partial charge in [0.15, 0.2) is 0 Å². The van der Waals surface area contributed by atoms with Crippen molar-refractivity contribution in [2.24, 2.45) is 0 Å². The van der Waals surface area contributed by atoms with Crippen LogP contribution in [0.15, 0.2) is 28.9 Å². The molecule has 0 amide bonds. The van der Waals surface area contributed by atoms with Crippen LogP contribution in [0.3, 0.4) is 0 Å². The first-order valence-electron chi connectivity index (χ1n) is 4.66. The highest BCUT2D eigenvalue weighted by Crippen LogP contribution is 2.21. The molecule has 0 saturated heterocycles. The summed E-state index contributed by atoms with van der Waals surface area (Å²) in [5.41, 5.74) is 9.68. The number of aromatic nitrogens is 2. The van der Waals surface area contributed by atoms with Crippen LogP contribution in [-0.4, -0.2) is 9.78 Å². The van der Waals surface area contributed by atoms with Crippen LogP contribution in [0.5, 0.6) is 0 Å². The molecule has 2 rings (SSSR count). The minimum Gasteiger partial charge on any atom is -0.396 e. The summed E-state index contributed by atoms with van der Waals surface area (Å²) in [5, 5.41) is 4.25. The normalized spacial score (nSPS) is 10.6. The summed E-state index contributed by atoms with van der Waals surface area (Å²) in [6.45, 7) is 4.02. The number of benzene rings is 1. The Balaban J connectivity index is 2.59. The Labute approximate surface area is 97.0 Å². The van der Waals surface area contributed by atoms with Crippen molar-refractivity contribution in [3.63, 3.8) is 0 Å². The van der Waals surface area contributed by atoms with Gasteiger partial charge in [-0.2, -0.15) is 5.10 Å². The highest BCUT2D eigenvalue weighted by atomic mass is 79.9. The molecule has 2 aromatic rings. The minimum absolute atomic E-state index is 0.720. The average Bonchev–Trinajstić information content (AvgIpc) is 2.49. The van der Waals surface area contributed by atoms with Crippen LogP contribution in [0.25, 0.3) is 5.69 Å². The van der Waals surface area contributed by atoms with E-state index >= 15 is 0 Å². The Morgan fingerprint density at radius 2 is 2.07 bits per heavy atom. The molecule has 0 aliphatic carbocycles. The molecule has 0 bridgehead atoms. The zero-order valence-corrected chi connectivity index (χ0v) is 10.2. The second-order valence-electron chi connectivity index (χ2n) is 3.53. The third-order valence-corrected chi connectivity index (χ3v) is 2.93. The predicted molar refractivity (Wildman–Crippen MR) is 65.2 cm³/mol. The smallest absolute Gasteiger partial charge is 0.0734 e. The lowest BCUT2D eigenvalue weighted by Gasteiger charge is -2.08. The van der Waals surface area contributed by atoms with E-state index in [1.807, 2.05) is 23.7 Å². The van der Waals surface area contributed by atoms with E-state index in [9.17, 15) is 0 Å². The van der Waals surface area contributed by atoms with Gasteiger partial charge in [0.2, 0.25) is 0 Å². The first-order chi connectivity index (χ1) is 7.09. The Kier molecular flexibility index (Phi) is 2.52. The molecule has 1 heterocycles. The van der Waals surface area contributed by atoms with Gasteiger partial charge in [0.1, 0.15) is 0 Å². The summed E-state index contributed by atoms with van der Waals surface area (Å²) in [6.07, 6.45) is 1.68. The van der Waals surface area contributed by atoms with Crippen LogP contribution < -0.4 is 5.73 Å². The maximum atomic E-state index is 5.77. The molecule has 1 aromatic heterocycles. The summed E-state index contributed by atoms with van der Waals surface area (Å²) in [4.78, 5) is 0. The standard InChI is InChI=1S/C11H12BrN3/c1-7-5-9(12)3-4-11(7)15-8(2)10(13)6-14-15/h3-6H,13H2,1-2H3. The van der Waals surface area contributed by atoms with Crippen molar-refractivity contribution >= 4 is 21.6 Å². The fourth-order valence-corrected chi connectivity index (χ4v) is 2.00. The molecule has 3 nitrogen and oxygen atoms in total. The number of nitrogen functional groups attached to an aromatic ring is 1. The number of hydrogen-bond donors (Lipinski definition) is 1. The van der Waals surface area contributed by atoms with Crippen LogP contribution in [0.1, 0.15) is 11.3 Å². The van der Waals surface area contributed by atoms with Crippen molar-refractivity contribution in [2.45, 2.75) is 13.8 Å². The number of hydrogen-bond acceptors (Lipinski definition) is 2. The monoisotopic (exact) mass is 265 g/mol. The maximum absolute atomic E-state index is 5.77. The molecule has 2 N–H and O–H groups in total. The molecule has 0 aliphatic rings. The lowest BCUT2D eigenvalue weighted by molar-refractivity contribution is 0.840. The average molecular weight is 266 g/mol. The van der Waals surface area contributed by atoms with Crippen LogP contribution in [0.4, 0.5) is 5.69 Å². The van der Waals surface area contributed by atoms with Gasteiger partial charge >= 0.3 is 0 Å². The van der Waals surface area contributed by atoms with Gasteiger partial charge in [-0.05, 0) is 37.6 Å². The molecule has 78 valence electrons. The largest absolute Gasteiger partial charge is 0.396 e. The molecular weight excluding hydrogens is 254 g/mol. The van der Waals surface area contributed by atoms with E-state index in [1.54, 1.807) is 6.20 Å². The molecule has 0 saturated carbocycles. The van der Waals surface area contributed by atoms with E-state index in [2.05, 4.69) is 34.0 Å². The van der Waals surface area contributed by atoms with Gasteiger partial charge in [-0.25, -0.2) is 4.68 Å². The van der Waals surface area contributed by atoms with Crippen molar-refractivity contribution in [1.29, 1.82) is 0 Å². The molecule has 0 atom stereocenters. The van der Waals surface area contributed by atoms with E-state index in [-0.39, 0.29) is 0 Å². The lowest BCUT2D eigenvalue weighted by atomic mass is 10.2. The van der Waals surface area contributed by atoms with Crippen LogP contribution >= 0.6 is 15.9 Å². The number of aryl methyl sites for hydroxylation is 1. The van der Waals surface area contributed by atoms with Crippen molar-refractivity contribution in [3.8, 4) is 5.69 Å². The fourth-order valence-electron chi connectivity index (χ4n) is 1.52. The van der Waals surface area contributed by atoms with E-state index in [0.29, 0.717) is 0 Å². The van der Waals surface area contributed by atoms with Crippen molar-refractivity contribution in [2.75, 3.05) is 5.73 Å². The van der Waals surface area contributed by atoms with Gasteiger partial charge in [0.25, 0.3) is 0 Å². The molecule has 0 fully saturated rings. The minimum atomic E-state index is 0.720. The van der Waals surface area contributed by atoms with Gasteiger partial charge < -0.3 is 5.73 Å². The van der Waals surface area contributed by atoms with Gasteiger partial charge in [0.05, 0.1) is 23.3 Å². The number of halogens is 1. The van der Waals surface area contributed by atoms with E-state index in [4.69, 9.17) is 5.73 Å². The zero-order chi connectivity index (χ0) is 11.0. The highest BCUT2D eigenvalue weighted by Gasteiger charge is 2.07. The number of nitrogens with two attached hydrogens (primary N) is 1. The third-order valence-electron chi connectivity index (χ3n) is 2.43. The molecule has 4 heteroatoms. The number of anilines is 1. The van der Waals surface area contributed by atoms with E-state index in [0.717, 1.165) is 27.1 Å². The fraction of sp³-hybridized carbons (Fsp3) is 0.182. The Bertz CT molecular complexity index is 503. The van der Waals surface area contributed by atoms with Crippen LogP contribution in [-0.2, 0) is 0 Å². The maximum Gasteiger partial charge on any atom is 0.0734 e. The molecular formula is C11H12BrN3. The predicted octanol–water partition coefficient (Wildman–Crippen LogP) is 2.83. The SMILES string of the molecule is Cc1cc(Br)ccc1-n1ncc(N)c1C. The number of rotatable bonds is 1. The summed E-state index contributed by atoms with van der Waals surface area (Å²) >= 11 is 3.44. The first-order valence-corrected chi connectivity index (χ1v) is 5.45. The van der Waals surface area contributed by atoms with Crippen molar-refractivity contribution in [1.82, 2.24) is 9.78 Å². The number of nitrogens with zero attached hydrogens (tertiary/aromatic N) is 2.